The van der Waals surface area contributed by atoms with Crippen molar-refractivity contribution in [1.82, 2.24) is 15.1 Å². The van der Waals surface area contributed by atoms with E-state index in [2.05, 4.69) is 10.4 Å². The van der Waals surface area contributed by atoms with Crippen molar-refractivity contribution in [3.63, 3.8) is 0 Å². The van der Waals surface area contributed by atoms with Gasteiger partial charge in [-0.25, -0.2) is 4.68 Å². The summed E-state index contributed by atoms with van der Waals surface area (Å²) in [6.45, 7) is 4.73. The summed E-state index contributed by atoms with van der Waals surface area (Å²) in [5.41, 5.74) is -1.92. The van der Waals surface area contributed by atoms with Gasteiger partial charge in [0, 0.05) is 12.5 Å². The summed E-state index contributed by atoms with van der Waals surface area (Å²) < 4.78 is 44.6. The Bertz CT molecular complexity index is 501. The van der Waals surface area contributed by atoms with Crippen LogP contribution in [0.25, 0.3) is 0 Å². The lowest BCUT2D eigenvalue weighted by atomic mass is 9.95. The Kier molecular flexibility index (Phi) is 4.36. The third kappa shape index (κ3) is 3.43. The minimum atomic E-state index is -4.60. The lowest BCUT2D eigenvalue weighted by Crippen LogP contribution is -2.34. The third-order valence-electron chi connectivity index (χ3n) is 2.66. The van der Waals surface area contributed by atoms with Crippen molar-refractivity contribution in [1.29, 1.82) is 0 Å². The van der Waals surface area contributed by atoms with E-state index in [1.54, 1.807) is 20.8 Å². The van der Waals surface area contributed by atoms with Crippen LogP contribution in [0, 0.1) is 5.41 Å². The van der Waals surface area contributed by atoms with Crippen molar-refractivity contribution in [3.8, 4) is 5.88 Å². The number of hydrogen-bond donors (Lipinski definition) is 1. The van der Waals surface area contributed by atoms with E-state index in [1.165, 1.54) is 14.2 Å². The van der Waals surface area contributed by atoms with E-state index in [0.29, 0.717) is 0 Å². The zero-order valence-electron chi connectivity index (χ0n) is 12.1. The summed E-state index contributed by atoms with van der Waals surface area (Å²) in [5, 5.41) is 5.88. The SMILES string of the molecule is COc1c(CNC(=O)C(C)(C)C)c(C(F)(F)F)nn1C. The average molecular weight is 293 g/mol. The fraction of sp³-hybridized carbons (Fsp3) is 0.667. The minimum Gasteiger partial charge on any atom is -0.481 e. The zero-order chi connectivity index (χ0) is 15.7. The Hall–Kier alpha value is -1.73. The molecule has 1 heterocycles. The summed E-state index contributed by atoms with van der Waals surface area (Å²) >= 11 is 0. The molecule has 0 radical (unpaired) electrons. The van der Waals surface area contributed by atoms with Crippen LogP contribution in [0.4, 0.5) is 13.2 Å². The number of alkyl halides is 3. The van der Waals surface area contributed by atoms with Crippen molar-refractivity contribution in [3.05, 3.63) is 11.3 Å². The number of halogens is 3. The summed E-state index contributed by atoms with van der Waals surface area (Å²) in [5.74, 6) is -0.372. The van der Waals surface area contributed by atoms with Gasteiger partial charge < -0.3 is 10.1 Å². The Morgan fingerprint density at radius 2 is 1.90 bits per heavy atom. The standard InChI is InChI=1S/C12H18F3N3O2/c1-11(2,3)10(19)16-6-7-8(12(13,14)15)17-18(4)9(7)20-5/h6H2,1-5H3,(H,16,19). The van der Waals surface area contributed by atoms with Gasteiger partial charge in [-0.1, -0.05) is 20.8 Å². The molecule has 0 aliphatic rings. The molecule has 8 heteroatoms. The van der Waals surface area contributed by atoms with Crippen LogP contribution in [0.15, 0.2) is 0 Å². The van der Waals surface area contributed by atoms with Crippen molar-refractivity contribution in [2.24, 2.45) is 12.5 Å². The molecule has 0 saturated carbocycles. The first-order chi connectivity index (χ1) is 8.98. The van der Waals surface area contributed by atoms with Gasteiger partial charge in [0.15, 0.2) is 5.69 Å². The molecule has 20 heavy (non-hydrogen) atoms. The van der Waals surface area contributed by atoms with Crippen LogP contribution in [0.1, 0.15) is 32.0 Å². The Morgan fingerprint density at radius 1 is 1.35 bits per heavy atom. The second-order valence-corrected chi connectivity index (χ2v) is 5.39. The maximum atomic E-state index is 12.9. The van der Waals surface area contributed by atoms with Crippen molar-refractivity contribution in [2.75, 3.05) is 7.11 Å². The molecular formula is C12H18F3N3O2. The van der Waals surface area contributed by atoms with E-state index in [1.807, 2.05) is 0 Å². The number of ether oxygens (including phenoxy) is 1. The number of aromatic nitrogens is 2. The van der Waals surface area contributed by atoms with E-state index < -0.39 is 17.3 Å². The predicted octanol–water partition coefficient (Wildman–Crippen LogP) is 2.11. The van der Waals surface area contributed by atoms with Crippen LogP contribution >= 0.6 is 0 Å². The monoisotopic (exact) mass is 293 g/mol. The lowest BCUT2D eigenvalue weighted by molar-refractivity contribution is -0.142. The highest BCUT2D eigenvalue weighted by Gasteiger charge is 2.39. The number of carbonyl (C=O) groups excluding carboxylic acids is 1. The number of rotatable bonds is 3. The lowest BCUT2D eigenvalue weighted by Gasteiger charge is -2.18. The molecule has 0 atom stereocenters. The summed E-state index contributed by atoms with van der Waals surface area (Å²) in [7, 11) is 2.61. The third-order valence-corrected chi connectivity index (χ3v) is 2.66. The Morgan fingerprint density at radius 3 is 2.30 bits per heavy atom. The van der Waals surface area contributed by atoms with Crippen molar-refractivity contribution < 1.29 is 22.7 Å². The largest absolute Gasteiger partial charge is 0.481 e. The van der Waals surface area contributed by atoms with E-state index in [0.717, 1.165) is 4.68 Å². The smallest absolute Gasteiger partial charge is 0.435 e. The number of nitrogens with one attached hydrogen (secondary N) is 1. The molecule has 0 bridgehead atoms. The van der Waals surface area contributed by atoms with Crippen LogP contribution in [0.3, 0.4) is 0 Å². The quantitative estimate of drug-likeness (QED) is 0.928. The molecular weight excluding hydrogens is 275 g/mol. The van der Waals surface area contributed by atoms with Gasteiger partial charge in [-0.3, -0.25) is 4.79 Å². The molecule has 114 valence electrons. The molecule has 1 aromatic heterocycles. The van der Waals surface area contributed by atoms with E-state index in [-0.39, 0.29) is 23.9 Å². The van der Waals surface area contributed by atoms with Crippen molar-refractivity contribution in [2.45, 2.75) is 33.5 Å². The normalized spacial score (nSPS) is 12.4. The molecule has 0 aliphatic carbocycles. The van der Waals surface area contributed by atoms with Gasteiger partial charge in [0.1, 0.15) is 0 Å². The number of methoxy groups -OCH3 is 1. The maximum absolute atomic E-state index is 12.9. The first kappa shape index (κ1) is 16.3. The molecule has 5 nitrogen and oxygen atoms in total. The number of amides is 1. The zero-order valence-corrected chi connectivity index (χ0v) is 12.1. The highest BCUT2D eigenvalue weighted by atomic mass is 19.4. The van der Waals surface area contributed by atoms with E-state index in [4.69, 9.17) is 4.74 Å². The van der Waals surface area contributed by atoms with Gasteiger partial charge in [0.25, 0.3) is 0 Å². The summed E-state index contributed by atoms with van der Waals surface area (Å²) in [4.78, 5) is 11.7. The average Bonchev–Trinajstić information content (AvgIpc) is 2.60. The molecule has 1 aromatic rings. The molecule has 1 N–H and O–H groups in total. The van der Waals surface area contributed by atoms with Crippen LogP contribution in [0.5, 0.6) is 5.88 Å². The molecule has 0 unspecified atom stereocenters. The van der Waals surface area contributed by atoms with Crippen molar-refractivity contribution >= 4 is 5.91 Å². The van der Waals surface area contributed by atoms with Crippen LogP contribution in [-0.2, 0) is 24.6 Å². The maximum Gasteiger partial charge on any atom is 0.435 e. The van der Waals surface area contributed by atoms with Gasteiger partial charge in [-0.05, 0) is 0 Å². The molecule has 0 saturated heterocycles. The molecule has 0 aliphatic heterocycles. The molecule has 1 amide bonds. The summed E-state index contributed by atoms with van der Waals surface area (Å²) in [6, 6.07) is 0. The van der Waals surface area contributed by atoms with Gasteiger partial charge in [-0.2, -0.15) is 18.3 Å². The second kappa shape index (κ2) is 5.34. The molecule has 0 spiro atoms. The van der Waals surface area contributed by atoms with Crippen LogP contribution < -0.4 is 10.1 Å². The number of nitrogens with zero attached hydrogens (tertiary/aromatic N) is 2. The number of aryl methyl sites for hydroxylation is 1. The van der Waals surface area contributed by atoms with E-state index >= 15 is 0 Å². The van der Waals surface area contributed by atoms with Gasteiger partial charge in [0.2, 0.25) is 11.8 Å². The fourth-order valence-corrected chi connectivity index (χ4v) is 1.63. The molecule has 0 fully saturated rings. The van der Waals surface area contributed by atoms with Crippen LogP contribution in [-0.4, -0.2) is 22.8 Å². The van der Waals surface area contributed by atoms with Crippen LogP contribution in [0.2, 0.25) is 0 Å². The molecule has 1 rings (SSSR count). The topological polar surface area (TPSA) is 56.1 Å². The highest BCUT2D eigenvalue weighted by Crippen LogP contribution is 2.35. The van der Waals surface area contributed by atoms with E-state index in [9.17, 15) is 18.0 Å². The fourth-order valence-electron chi connectivity index (χ4n) is 1.63. The second-order valence-electron chi connectivity index (χ2n) is 5.39. The predicted molar refractivity (Wildman–Crippen MR) is 66.1 cm³/mol. The Labute approximate surface area is 115 Å². The summed E-state index contributed by atoms with van der Waals surface area (Å²) in [6.07, 6.45) is -4.60. The number of carbonyl (C=O) groups is 1. The molecule has 0 aromatic carbocycles. The highest BCUT2D eigenvalue weighted by molar-refractivity contribution is 5.81. The van der Waals surface area contributed by atoms with Gasteiger partial charge >= 0.3 is 6.18 Å². The van der Waals surface area contributed by atoms with Gasteiger partial charge in [-0.15, -0.1) is 0 Å². The van der Waals surface area contributed by atoms with Gasteiger partial charge in [0.05, 0.1) is 19.2 Å². The first-order valence-corrected chi connectivity index (χ1v) is 5.93. The Balaban J connectivity index is 3.07. The first-order valence-electron chi connectivity index (χ1n) is 5.93. The number of hydrogen-bond acceptors (Lipinski definition) is 3. The minimum absolute atomic E-state index is 0.0217.